The monoisotopic (exact) mass is 410 g/mol. The van der Waals surface area contributed by atoms with Gasteiger partial charge in [-0.05, 0) is 48.7 Å². The molecule has 1 N–H and O–H groups in total. The Labute approximate surface area is 178 Å². The van der Waals surface area contributed by atoms with Gasteiger partial charge < -0.3 is 19.3 Å². The number of benzene rings is 2. The Balaban J connectivity index is 1.69. The number of ether oxygens (including phenoxy) is 3. The molecule has 5 heteroatoms. The second-order valence-corrected chi connectivity index (χ2v) is 6.76. The lowest BCUT2D eigenvalue weighted by Gasteiger charge is -2.15. The Morgan fingerprint density at radius 2 is 1.57 bits per heavy atom. The van der Waals surface area contributed by atoms with Gasteiger partial charge in [0, 0.05) is 6.42 Å². The molecule has 160 valence electrons. The van der Waals surface area contributed by atoms with Gasteiger partial charge in [0.1, 0.15) is 18.1 Å². The zero-order valence-corrected chi connectivity index (χ0v) is 17.6. The highest BCUT2D eigenvalue weighted by molar-refractivity contribution is 5.69. The van der Waals surface area contributed by atoms with Crippen LogP contribution in [0.2, 0.25) is 0 Å². The number of phenolic OH excluding ortho intramolecular Hbond substituents is 1. The standard InChI is InChI=1S/C25H30O5/c1-3-4-9-25(27)29-19-18-28-20(2)30-24-16-12-22(13-17-24)8-6-5-7-21-10-14-23(26)15-11-21/h5-8,10-17,20,26H,3-4,9,18-19H2,1-2H3. The second kappa shape index (κ2) is 13.2. The van der Waals surface area contributed by atoms with E-state index in [9.17, 15) is 9.90 Å². The Bertz CT molecular complexity index is 806. The van der Waals surface area contributed by atoms with E-state index >= 15 is 0 Å². The topological polar surface area (TPSA) is 65.0 Å². The summed E-state index contributed by atoms with van der Waals surface area (Å²) in [7, 11) is 0. The number of esters is 1. The predicted octanol–water partition coefficient (Wildman–Crippen LogP) is 5.59. The maximum atomic E-state index is 11.4. The second-order valence-electron chi connectivity index (χ2n) is 6.76. The van der Waals surface area contributed by atoms with Gasteiger partial charge in [0.15, 0.2) is 6.29 Å². The SMILES string of the molecule is CCCCC(=O)OCCOC(C)Oc1ccc(C=CC=Cc2ccc(O)cc2)cc1. The van der Waals surface area contributed by atoms with Gasteiger partial charge >= 0.3 is 5.97 Å². The van der Waals surface area contributed by atoms with Gasteiger partial charge in [0.2, 0.25) is 0 Å². The minimum absolute atomic E-state index is 0.185. The molecule has 0 saturated heterocycles. The Morgan fingerprint density at radius 1 is 0.967 bits per heavy atom. The van der Waals surface area contributed by atoms with Gasteiger partial charge in [-0.1, -0.05) is 61.9 Å². The third-order valence-corrected chi connectivity index (χ3v) is 4.20. The van der Waals surface area contributed by atoms with E-state index in [0.717, 1.165) is 24.0 Å². The summed E-state index contributed by atoms with van der Waals surface area (Å²) in [5, 5.41) is 9.28. The van der Waals surface area contributed by atoms with Crippen LogP contribution in [0.3, 0.4) is 0 Å². The van der Waals surface area contributed by atoms with Crippen LogP contribution in [0.25, 0.3) is 12.2 Å². The average Bonchev–Trinajstić information content (AvgIpc) is 2.75. The Kier molecular flexibility index (Phi) is 10.2. The highest BCUT2D eigenvalue weighted by atomic mass is 16.7. The van der Waals surface area contributed by atoms with Crippen molar-refractivity contribution in [3.8, 4) is 11.5 Å². The molecule has 0 amide bonds. The van der Waals surface area contributed by atoms with E-state index in [0.29, 0.717) is 18.8 Å². The summed E-state index contributed by atoms with van der Waals surface area (Å²) >= 11 is 0. The van der Waals surface area contributed by atoms with Crippen LogP contribution in [0.15, 0.2) is 60.7 Å². The average molecular weight is 411 g/mol. The molecule has 0 heterocycles. The van der Waals surface area contributed by atoms with Crippen molar-refractivity contribution in [1.82, 2.24) is 0 Å². The van der Waals surface area contributed by atoms with Crippen LogP contribution in [0.1, 0.15) is 44.2 Å². The molecule has 0 spiro atoms. The smallest absolute Gasteiger partial charge is 0.305 e. The first-order valence-corrected chi connectivity index (χ1v) is 10.2. The number of carbonyl (C=O) groups is 1. The molecule has 5 nitrogen and oxygen atoms in total. The number of rotatable bonds is 12. The van der Waals surface area contributed by atoms with Crippen molar-refractivity contribution >= 4 is 18.1 Å². The maximum absolute atomic E-state index is 11.4. The number of hydrogen-bond donors (Lipinski definition) is 1. The van der Waals surface area contributed by atoms with E-state index in [1.807, 2.05) is 67.6 Å². The summed E-state index contributed by atoms with van der Waals surface area (Å²) in [5.74, 6) is 0.783. The zero-order valence-electron chi connectivity index (χ0n) is 17.6. The van der Waals surface area contributed by atoms with Crippen LogP contribution in [0.5, 0.6) is 11.5 Å². The number of aromatic hydroxyl groups is 1. The summed E-state index contributed by atoms with van der Waals surface area (Å²) in [6.07, 6.45) is 9.70. The summed E-state index contributed by atoms with van der Waals surface area (Å²) in [4.78, 5) is 11.4. The fourth-order valence-electron chi connectivity index (χ4n) is 2.56. The molecule has 0 aliphatic rings. The predicted molar refractivity (Wildman–Crippen MR) is 119 cm³/mol. The summed E-state index contributed by atoms with van der Waals surface area (Å²) in [6, 6.07) is 14.7. The first-order valence-electron chi connectivity index (χ1n) is 10.2. The first kappa shape index (κ1) is 23.2. The third kappa shape index (κ3) is 9.43. The van der Waals surface area contributed by atoms with E-state index < -0.39 is 6.29 Å². The normalized spacial score (nSPS) is 12.3. The fourth-order valence-corrected chi connectivity index (χ4v) is 2.56. The molecular weight excluding hydrogens is 380 g/mol. The highest BCUT2D eigenvalue weighted by Crippen LogP contribution is 2.16. The van der Waals surface area contributed by atoms with Crippen molar-refractivity contribution in [3.63, 3.8) is 0 Å². The Hall–Kier alpha value is -3.05. The minimum atomic E-state index is -0.436. The van der Waals surface area contributed by atoms with Crippen LogP contribution in [-0.2, 0) is 14.3 Å². The lowest BCUT2D eigenvalue weighted by Crippen LogP contribution is -2.20. The Morgan fingerprint density at radius 3 is 2.17 bits per heavy atom. The largest absolute Gasteiger partial charge is 0.508 e. The minimum Gasteiger partial charge on any atom is -0.508 e. The molecule has 0 aromatic heterocycles. The molecule has 0 aliphatic heterocycles. The molecule has 1 atom stereocenters. The molecule has 2 rings (SSSR count). The fraction of sp³-hybridized carbons (Fsp3) is 0.320. The van der Waals surface area contributed by atoms with Gasteiger partial charge in [-0.15, -0.1) is 0 Å². The van der Waals surface area contributed by atoms with E-state index in [4.69, 9.17) is 14.2 Å². The van der Waals surface area contributed by atoms with Crippen molar-refractivity contribution in [3.05, 3.63) is 71.8 Å². The summed E-state index contributed by atoms with van der Waals surface area (Å²) in [6.45, 7) is 4.38. The number of phenols is 1. The molecular formula is C25H30O5. The van der Waals surface area contributed by atoms with Crippen molar-refractivity contribution < 1.29 is 24.1 Å². The van der Waals surface area contributed by atoms with Crippen molar-refractivity contribution in [2.24, 2.45) is 0 Å². The third-order valence-electron chi connectivity index (χ3n) is 4.20. The van der Waals surface area contributed by atoms with Crippen molar-refractivity contribution in [2.45, 2.75) is 39.4 Å². The number of unbranched alkanes of at least 4 members (excludes halogenated alkanes) is 1. The lowest BCUT2D eigenvalue weighted by molar-refractivity contribution is -0.148. The number of carbonyl (C=O) groups excluding carboxylic acids is 1. The van der Waals surface area contributed by atoms with E-state index in [2.05, 4.69) is 0 Å². The molecule has 1 unspecified atom stereocenters. The molecule has 0 aliphatic carbocycles. The quantitative estimate of drug-likeness (QED) is 0.214. The molecule has 0 radical (unpaired) electrons. The van der Waals surface area contributed by atoms with Crippen LogP contribution in [-0.4, -0.2) is 30.6 Å². The number of hydrogen-bond acceptors (Lipinski definition) is 5. The van der Waals surface area contributed by atoms with Crippen molar-refractivity contribution in [1.29, 1.82) is 0 Å². The van der Waals surface area contributed by atoms with Crippen molar-refractivity contribution in [2.75, 3.05) is 13.2 Å². The molecule has 2 aromatic carbocycles. The maximum Gasteiger partial charge on any atom is 0.305 e. The van der Waals surface area contributed by atoms with Gasteiger partial charge in [0.25, 0.3) is 0 Å². The molecule has 0 fully saturated rings. The molecule has 0 saturated carbocycles. The van der Waals surface area contributed by atoms with Gasteiger partial charge in [0.05, 0.1) is 6.61 Å². The molecule has 2 aromatic rings. The van der Waals surface area contributed by atoms with Crippen LogP contribution < -0.4 is 4.74 Å². The summed E-state index contributed by atoms with van der Waals surface area (Å²) < 4.78 is 16.3. The first-order chi connectivity index (χ1) is 14.6. The van der Waals surface area contributed by atoms with E-state index in [1.54, 1.807) is 19.1 Å². The van der Waals surface area contributed by atoms with E-state index in [1.165, 1.54) is 0 Å². The van der Waals surface area contributed by atoms with Gasteiger partial charge in [-0.25, -0.2) is 0 Å². The summed E-state index contributed by atoms with van der Waals surface area (Å²) in [5.41, 5.74) is 2.07. The van der Waals surface area contributed by atoms with E-state index in [-0.39, 0.29) is 18.3 Å². The number of allylic oxidation sites excluding steroid dienone is 2. The van der Waals surface area contributed by atoms with Crippen LogP contribution in [0, 0.1) is 0 Å². The molecule has 30 heavy (non-hydrogen) atoms. The lowest BCUT2D eigenvalue weighted by atomic mass is 10.2. The molecule has 0 bridgehead atoms. The van der Waals surface area contributed by atoms with Crippen LogP contribution >= 0.6 is 0 Å². The van der Waals surface area contributed by atoms with Gasteiger partial charge in [-0.3, -0.25) is 4.79 Å². The zero-order chi connectivity index (χ0) is 21.6. The van der Waals surface area contributed by atoms with Crippen LogP contribution in [0.4, 0.5) is 0 Å². The highest BCUT2D eigenvalue weighted by Gasteiger charge is 2.06. The van der Waals surface area contributed by atoms with Gasteiger partial charge in [-0.2, -0.15) is 0 Å².